The van der Waals surface area contributed by atoms with E-state index < -0.39 is 0 Å². The van der Waals surface area contributed by atoms with Gasteiger partial charge in [0.25, 0.3) is 0 Å². The first kappa shape index (κ1) is 20.5. The van der Waals surface area contributed by atoms with E-state index in [1.54, 1.807) is 6.33 Å². The summed E-state index contributed by atoms with van der Waals surface area (Å²) in [6.07, 6.45) is 2.65. The summed E-state index contributed by atoms with van der Waals surface area (Å²) in [5.41, 5.74) is 7.12. The van der Waals surface area contributed by atoms with Crippen LogP contribution in [0.15, 0.2) is 42.7 Å². The summed E-state index contributed by atoms with van der Waals surface area (Å²) in [7, 11) is 1.40. The van der Waals surface area contributed by atoms with Crippen molar-refractivity contribution >= 4 is 33.6 Å². The number of benzene rings is 2. The molecule has 1 fully saturated rings. The molecule has 0 unspecified atom stereocenters. The molecule has 1 aliphatic rings. The van der Waals surface area contributed by atoms with Crippen LogP contribution in [0, 0.1) is 6.92 Å². The lowest BCUT2D eigenvalue weighted by atomic mass is 10.0. The monoisotopic (exact) mass is 430 g/mol. The van der Waals surface area contributed by atoms with Crippen molar-refractivity contribution in [1.29, 1.82) is 0 Å². The summed E-state index contributed by atoms with van der Waals surface area (Å²) in [6, 6.07) is 12.2. The zero-order chi connectivity index (χ0) is 22.2. The zero-order valence-electron chi connectivity index (χ0n) is 18.6. The number of fused-ring (bicyclic) bond motifs is 2. The number of hydrogen-bond donors (Lipinski definition) is 0. The van der Waals surface area contributed by atoms with Gasteiger partial charge in [-0.3, -0.25) is 9.55 Å². The number of pyridine rings is 1. The summed E-state index contributed by atoms with van der Waals surface area (Å²) in [4.78, 5) is 24.4. The number of para-hydroxylation sites is 1. The van der Waals surface area contributed by atoms with Gasteiger partial charge >= 0.3 is 5.97 Å². The summed E-state index contributed by atoms with van der Waals surface area (Å²) in [5, 5.41) is 1.06. The van der Waals surface area contributed by atoms with Gasteiger partial charge in [-0.05, 0) is 37.1 Å². The van der Waals surface area contributed by atoms with Crippen molar-refractivity contribution in [1.82, 2.24) is 14.5 Å². The lowest BCUT2D eigenvalue weighted by Crippen LogP contribution is -2.36. The molecular formula is C25H26N4O3. The van der Waals surface area contributed by atoms with Gasteiger partial charge < -0.3 is 14.4 Å². The van der Waals surface area contributed by atoms with Crippen molar-refractivity contribution in [3.63, 3.8) is 0 Å². The second-order valence-corrected chi connectivity index (χ2v) is 7.96. The van der Waals surface area contributed by atoms with E-state index in [4.69, 9.17) is 14.5 Å². The highest BCUT2D eigenvalue weighted by Crippen LogP contribution is 2.33. The fraction of sp³-hybridized carbons (Fsp3) is 0.320. The summed E-state index contributed by atoms with van der Waals surface area (Å²) in [5.74, 6) is -0.387. The molecule has 7 nitrogen and oxygen atoms in total. The van der Waals surface area contributed by atoms with Crippen molar-refractivity contribution in [2.75, 3.05) is 38.3 Å². The first-order valence-electron chi connectivity index (χ1n) is 10.9. The Morgan fingerprint density at radius 2 is 1.97 bits per heavy atom. The summed E-state index contributed by atoms with van der Waals surface area (Å²) >= 11 is 0. The first-order valence-corrected chi connectivity index (χ1v) is 10.9. The van der Waals surface area contributed by atoms with Crippen LogP contribution < -0.4 is 4.90 Å². The third-order valence-corrected chi connectivity index (χ3v) is 6.18. The number of imidazole rings is 1. The maximum Gasteiger partial charge on any atom is 0.340 e. The molecule has 0 radical (unpaired) electrons. The number of nitrogens with zero attached hydrogens (tertiary/aromatic N) is 4. The van der Waals surface area contributed by atoms with E-state index in [9.17, 15) is 4.79 Å². The Labute approximate surface area is 186 Å². The second kappa shape index (κ2) is 8.24. The lowest BCUT2D eigenvalue weighted by molar-refractivity contribution is 0.0603. The molecular weight excluding hydrogens is 404 g/mol. The van der Waals surface area contributed by atoms with E-state index in [-0.39, 0.29) is 5.97 Å². The molecule has 0 saturated carbocycles. The minimum atomic E-state index is -0.387. The van der Waals surface area contributed by atoms with E-state index in [2.05, 4.69) is 33.5 Å². The van der Waals surface area contributed by atoms with Gasteiger partial charge in [-0.25, -0.2) is 9.78 Å². The molecule has 2 aromatic carbocycles. The van der Waals surface area contributed by atoms with E-state index in [0.29, 0.717) is 24.3 Å². The third kappa shape index (κ3) is 3.29. The molecule has 0 bridgehead atoms. The van der Waals surface area contributed by atoms with E-state index in [1.807, 2.05) is 31.2 Å². The molecule has 0 aliphatic carbocycles. The maximum atomic E-state index is 12.7. The van der Waals surface area contributed by atoms with Gasteiger partial charge in [0, 0.05) is 29.9 Å². The number of anilines is 1. The van der Waals surface area contributed by atoms with Gasteiger partial charge in [0.05, 0.1) is 42.6 Å². The average Bonchev–Trinajstić information content (AvgIpc) is 3.26. The fourth-order valence-corrected chi connectivity index (χ4v) is 4.60. The van der Waals surface area contributed by atoms with Gasteiger partial charge in [-0.1, -0.05) is 25.1 Å². The van der Waals surface area contributed by atoms with Crippen LogP contribution in [0.2, 0.25) is 0 Å². The number of rotatable bonds is 4. The van der Waals surface area contributed by atoms with Crippen LogP contribution in [0.25, 0.3) is 27.6 Å². The predicted octanol–water partition coefficient (Wildman–Crippen LogP) is 4.07. The van der Waals surface area contributed by atoms with Crippen molar-refractivity contribution in [3.8, 4) is 5.69 Å². The molecule has 0 N–H and O–H groups in total. The van der Waals surface area contributed by atoms with Crippen LogP contribution in [0.3, 0.4) is 0 Å². The highest BCUT2D eigenvalue weighted by molar-refractivity contribution is 6.04. The average molecular weight is 431 g/mol. The molecule has 32 heavy (non-hydrogen) atoms. The lowest BCUT2D eigenvalue weighted by Gasteiger charge is -2.29. The van der Waals surface area contributed by atoms with Crippen molar-refractivity contribution in [2.24, 2.45) is 0 Å². The number of methoxy groups -OCH3 is 1. The molecule has 164 valence electrons. The maximum absolute atomic E-state index is 12.7. The number of aryl methyl sites for hydroxylation is 1. The third-order valence-electron chi connectivity index (χ3n) is 6.18. The molecule has 0 atom stereocenters. The highest BCUT2D eigenvalue weighted by Gasteiger charge is 2.22. The van der Waals surface area contributed by atoms with Crippen LogP contribution in [-0.4, -0.2) is 53.9 Å². The Balaban J connectivity index is 1.82. The van der Waals surface area contributed by atoms with Crippen LogP contribution in [0.4, 0.5) is 5.69 Å². The van der Waals surface area contributed by atoms with E-state index >= 15 is 0 Å². The summed E-state index contributed by atoms with van der Waals surface area (Å²) in [6.45, 7) is 7.07. The van der Waals surface area contributed by atoms with Crippen LogP contribution in [0.5, 0.6) is 0 Å². The largest absolute Gasteiger partial charge is 0.465 e. The van der Waals surface area contributed by atoms with Crippen molar-refractivity contribution in [3.05, 3.63) is 59.5 Å². The topological polar surface area (TPSA) is 69.5 Å². The molecule has 0 spiro atoms. The van der Waals surface area contributed by atoms with Gasteiger partial charge in [-0.2, -0.15) is 0 Å². The Morgan fingerprint density at radius 3 is 2.72 bits per heavy atom. The van der Waals surface area contributed by atoms with E-state index in [1.165, 1.54) is 12.7 Å². The predicted molar refractivity (Wildman–Crippen MR) is 125 cm³/mol. The number of hydrogen-bond acceptors (Lipinski definition) is 6. The molecule has 1 aliphatic heterocycles. The number of morpholine rings is 1. The SMILES string of the molecule is CCc1c(C)nc2ccccc2c1-n1cnc2c(C(=O)OC)cc(N3CCOCC3)cc21. The normalized spacial score (nSPS) is 14.3. The molecule has 3 heterocycles. The quantitative estimate of drug-likeness (QED) is 0.455. The van der Waals surface area contributed by atoms with Gasteiger partial charge in [0.2, 0.25) is 0 Å². The Hall–Kier alpha value is -3.45. The van der Waals surface area contributed by atoms with E-state index in [0.717, 1.165) is 53.0 Å². The van der Waals surface area contributed by atoms with Crippen molar-refractivity contribution < 1.29 is 14.3 Å². The molecule has 5 rings (SSSR count). The molecule has 2 aromatic heterocycles. The number of aromatic nitrogens is 3. The van der Waals surface area contributed by atoms with Crippen LogP contribution in [0.1, 0.15) is 28.5 Å². The molecule has 7 heteroatoms. The standard InChI is InChI=1S/C25H26N4O3/c1-4-18-16(2)27-21-8-6-5-7-19(21)24(18)29-15-26-23-20(25(30)31-3)13-17(14-22(23)29)28-9-11-32-12-10-28/h5-8,13-15H,4,9-12H2,1-3H3. The second-order valence-electron chi connectivity index (χ2n) is 7.96. The number of carbonyl (C=O) groups excluding carboxylic acids is 1. The Bertz CT molecular complexity index is 1320. The minimum absolute atomic E-state index is 0.387. The molecule has 4 aromatic rings. The number of ether oxygens (including phenoxy) is 2. The highest BCUT2D eigenvalue weighted by atomic mass is 16.5. The number of esters is 1. The summed E-state index contributed by atoms with van der Waals surface area (Å²) < 4.78 is 12.7. The zero-order valence-corrected chi connectivity index (χ0v) is 18.6. The molecule has 0 amide bonds. The van der Waals surface area contributed by atoms with Gasteiger partial charge in [-0.15, -0.1) is 0 Å². The smallest absolute Gasteiger partial charge is 0.340 e. The number of carbonyl (C=O) groups is 1. The first-order chi connectivity index (χ1) is 15.6. The van der Waals surface area contributed by atoms with Crippen LogP contribution in [-0.2, 0) is 15.9 Å². The Kier molecular flexibility index (Phi) is 5.27. The van der Waals surface area contributed by atoms with Crippen molar-refractivity contribution in [2.45, 2.75) is 20.3 Å². The minimum Gasteiger partial charge on any atom is -0.465 e. The Morgan fingerprint density at radius 1 is 1.19 bits per heavy atom. The van der Waals surface area contributed by atoms with Crippen LogP contribution >= 0.6 is 0 Å². The molecule has 1 saturated heterocycles. The van der Waals surface area contributed by atoms with Gasteiger partial charge in [0.15, 0.2) is 0 Å². The van der Waals surface area contributed by atoms with Gasteiger partial charge in [0.1, 0.15) is 11.8 Å². The fourth-order valence-electron chi connectivity index (χ4n) is 4.60.